The van der Waals surface area contributed by atoms with Crippen molar-refractivity contribution < 1.29 is 9.84 Å². The van der Waals surface area contributed by atoms with Crippen LogP contribution in [0.3, 0.4) is 0 Å². The summed E-state index contributed by atoms with van der Waals surface area (Å²) in [7, 11) is 1.78. The summed E-state index contributed by atoms with van der Waals surface area (Å²) in [6.07, 6.45) is 4.28. The number of thioether (sulfide) groups is 1. The second-order valence-corrected chi connectivity index (χ2v) is 7.37. The molecule has 0 amide bonds. The first-order valence-corrected chi connectivity index (χ1v) is 9.69. The highest BCUT2D eigenvalue weighted by atomic mass is 32.2. The van der Waals surface area contributed by atoms with E-state index in [0.29, 0.717) is 6.54 Å². The highest BCUT2D eigenvalue weighted by Crippen LogP contribution is 2.32. The van der Waals surface area contributed by atoms with Crippen LogP contribution in [-0.4, -0.2) is 62.0 Å². The third-order valence-electron chi connectivity index (χ3n) is 4.65. The fourth-order valence-corrected chi connectivity index (χ4v) is 3.69. The Morgan fingerprint density at radius 1 is 1.29 bits per heavy atom. The van der Waals surface area contributed by atoms with Crippen molar-refractivity contribution in [3.63, 3.8) is 0 Å². The van der Waals surface area contributed by atoms with Crippen LogP contribution < -0.4 is 10.6 Å². The monoisotopic (exact) mass is 351 g/mol. The lowest BCUT2D eigenvalue weighted by atomic mass is 9.99. The highest BCUT2D eigenvalue weighted by Gasteiger charge is 2.31. The van der Waals surface area contributed by atoms with Crippen molar-refractivity contribution in [2.24, 2.45) is 4.99 Å². The first kappa shape index (κ1) is 19.1. The van der Waals surface area contributed by atoms with Crippen LogP contribution >= 0.6 is 11.8 Å². The summed E-state index contributed by atoms with van der Waals surface area (Å²) < 4.78 is 5.70. The maximum Gasteiger partial charge on any atom is 0.191 e. The van der Waals surface area contributed by atoms with E-state index in [1.54, 1.807) is 7.05 Å². The summed E-state index contributed by atoms with van der Waals surface area (Å²) in [6, 6.07) is 10.1. The van der Waals surface area contributed by atoms with Gasteiger partial charge in [-0.2, -0.15) is 11.8 Å². The first-order chi connectivity index (χ1) is 11.7. The molecule has 1 fully saturated rings. The van der Waals surface area contributed by atoms with Gasteiger partial charge in [0.1, 0.15) is 0 Å². The van der Waals surface area contributed by atoms with Gasteiger partial charge >= 0.3 is 0 Å². The number of hydrogen-bond acceptors (Lipinski definition) is 4. The van der Waals surface area contributed by atoms with Gasteiger partial charge in [0.2, 0.25) is 0 Å². The molecule has 0 aromatic heterocycles. The molecule has 1 aliphatic heterocycles. The number of rotatable bonds is 7. The summed E-state index contributed by atoms with van der Waals surface area (Å²) in [5, 5.41) is 16.4. The highest BCUT2D eigenvalue weighted by molar-refractivity contribution is 8.00. The summed E-state index contributed by atoms with van der Waals surface area (Å²) in [5.74, 6) is 0.839. The Balaban J connectivity index is 1.85. The van der Waals surface area contributed by atoms with Gasteiger partial charge in [-0.25, -0.2) is 0 Å². The van der Waals surface area contributed by atoms with E-state index in [1.165, 1.54) is 0 Å². The number of aliphatic hydroxyl groups is 1. The minimum atomic E-state index is 0.0577. The normalized spacial score (nSPS) is 18.9. The predicted molar refractivity (Wildman–Crippen MR) is 102 cm³/mol. The molecule has 0 spiro atoms. The van der Waals surface area contributed by atoms with E-state index in [1.807, 2.05) is 42.1 Å². The standard InChI is InChI=1S/C18H29N3O2S/c1-19-17(21-14-18(24-2)8-10-23-11-9-18)20-12-16(13-22)15-6-4-3-5-7-15/h3-7,16,22H,8-14H2,1-2H3,(H2,19,20,21). The molecule has 3 N–H and O–H groups in total. The summed E-state index contributed by atoms with van der Waals surface area (Å²) >= 11 is 1.91. The fraction of sp³-hybridized carbons (Fsp3) is 0.611. The molecule has 6 heteroatoms. The van der Waals surface area contributed by atoms with Crippen LogP contribution in [0.5, 0.6) is 0 Å². The number of benzene rings is 1. The lowest BCUT2D eigenvalue weighted by Crippen LogP contribution is -2.48. The van der Waals surface area contributed by atoms with Crippen molar-refractivity contribution in [1.29, 1.82) is 0 Å². The number of nitrogens with one attached hydrogen (secondary N) is 2. The van der Waals surface area contributed by atoms with Gasteiger partial charge in [-0.1, -0.05) is 30.3 Å². The Labute approximate surface area is 149 Å². The number of guanidine groups is 1. The quantitative estimate of drug-likeness (QED) is 0.517. The molecular formula is C18H29N3O2S. The third kappa shape index (κ3) is 5.40. The van der Waals surface area contributed by atoms with Crippen LogP contribution in [0.1, 0.15) is 24.3 Å². The lowest BCUT2D eigenvalue weighted by Gasteiger charge is -2.36. The van der Waals surface area contributed by atoms with Crippen molar-refractivity contribution in [1.82, 2.24) is 10.6 Å². The van der Waals surface area contributed by atoms with Gasteiger partial charge in [0.25, 0.3) is 0 Å². The Bertz CT molecular complexity index is 504. The Kier molecular flexibility index (Phi) is 7.88. The van der Waals surface area contributed by atoms with Crippen LogP contribution in [0.4, 0.5) is 0 Å². The minimum Gasteiger partial charge on any atom is -0.396 e. The SMILES string of the molecule is CN=C(NCC(CO)c1ccccc1)NCC1(SC)CCOCC1. The summed E-state index contributed by atoms with van der Waals surface area (Å²) in [6.45, 7) is 3.28. The van der Waals surface area contributed by atoms with Crippen molar-refractivity contribution in [2.45, 2.75) is 23.5 Å². The molecular weight excluding hydrogens is 322 g/mol. The van der Waals surface area contributed by atoms with Crippen LogP contribution in [-0.2, 0) is 4.74 Å². The molecule has 0 bridgehead atoms. The van der Waals surface area contributed by atoms with Gasteiger partial charge in [-0.3, -0.25) is 4.99 Å². The number of ether oxygens (including phenoxy) is 1. The van der Waals surface area contributed by atoms with Gasteiger partial charge in [-0.05, 0) is 24.7 Å². The summed E-state index contributed by atoms with van der Waals surface area (Å²) in [4.78, 5) is 4.31. The predicted octanol–water partition coefficient (Wildman–Crippen LogP) is 1.84. The van der Waals surface area contributed by atoms with Crippen molar-refractivity contribution in [2.75, 3.05) is 46.2 Å². The van der Waals surface area contributed by atoms with Crippen LogP contribution in [0.15, 0.2) is 35.3 Å². The van der Waals surface area contributed by atoms with E-state index >= 15 is 0 Å². The lowest BCUT2D eigenvalue weighted by molar-refractivity contribution is 0.0783. The largest absolute Gasteiger partial charge is 0.396 e. The average Bonchev–Trinajstić information content (AvgIpc) is 2.66. The second-order valence-electron chi connectivity index (χ2n) is 6.10. The molecule has 1 aliphatic rings. The van der Waals surface area contributed by atoms with Crippen molar-refractivity contribution >= 4 is 17.7 Å². The van der Waals surface area contributed by atoms with Gasteiger partial charge in [-0.15, -0.1) is 0 Å². The molecule has 5 nitrogen and oxygen atoms in total. The smallest absolute Gasteiger partial charge is 0.191 e. The Hall–Kier alpha value is -1.24. The molecule has 1 atom stereocenters. The Morgan fingerprint density at radius 2 is 2.00 bits per heavy atom. The first-order valence-electron chi connectivity index (χ1n) is 8.46. The summed E-state index contributed by atoms with van der Waals surface area (Å²) in [5.41, 5.74) is 1.13. The number of aliphatic hydroxyl groups excluding tert-OH is 1. The minimum absolute atomic E-state index is 0.0577. The average molecular weight is 352 g/mol. The fourth-order valence-electron chi connectivity index (χ4n) is 2.89. The number of hydrogen-bond donors (Lipinski definition) is 3. The maximum absolute atomic E-state index is 9.66. The van der Waals surface area contributed by atoms with Gasteiger partial charge in [0, 0.05) is 44.0 Å². The third-order valence-corrected chi connectivity index (χ3v) is 6.06. The van der Waals surface area contributed by atoms with Crippen LogP contribution in [0.2, 0.25) is 0 Å². The molecule has 134 valence electrons. The second kappa shape index (κ2) is 9.91. The molecule has 1 heterocycles. The van der Waals surface area contributed by atoms with E-state index in [2.05, 4.69) is 21.9 Å². The maximum atomic E-state index is 9.66. The molecule has 0 aliphatic carbocycles. The van der Waals surface area contributed by atoms with Gasteiger partial charge < -0.3 is 20.5 Å². The van der Waals surface area contributed by atoms with E-state index in [4.69, 9.17) is 4.74 Å². The van der Waals surface area contributed by atoms with E-state index in [0.717, 1.165) is 44.1 Å². The topological polar surface area (TPSA) is 65.9 Å². The molecule has 1 saturated heterocycles. The molecule has 1 aromatic rings. The van der Waals surface area contributed by atoms with Crippen LogP contribution in [0.25, 0.3) is 0 Å². The molecule has 0 saturated carbocycles. The van der Waals surface area contributed by atoms with Crippen molar-refractivity contribution in [3.05, 3.63) is 35.9 Å². The zero-order valence-electron chi connectivity index (χ0n) is 14.6. The molecule has 1 unspecified atom stereocenters. The van der Waals surface area contributed by atoms with Crippen LogP contribution in [0, 0.1) is 0 Å². The number of aliphatic imine (C=N–C) groups is 1. The molecule has 1 aromatic carbocycles. The number of nitrogens with zero attached hydrogens (tertiary/aromatic N) is 1. The van der Waals surface area contributed by atoms with Gasteiger partial charge in [0.05, 0.1) is 6.61 Å². The molecule has 2 rings (SSSR count). The van der Waals surface area contributed by atoms with Gasteiger partial charge in [0.15, 0.2) is 5.96 Å². The molecule has 0 radical (unpaired) electrons. The zero-order chi connectivity index (χ0) is 17.3. The zero-order valence-corrected chi connectivity index (χ0v) is 15.4. The molecule has 24 heavy (non-hydrogen) atoms. The van der Waals surface area contributed by atoms with E-state index in [-0.39, 0.29) is 17.3 Å². The van der Waals surface area contributed by atoms with Crippen molar-refractivity contribution in [3.8, 4) is 0 Å². The van der Waals surface area contributed by atoms with E-state index < -0.39 is 0 Å². The Morgan fingerprint density at radius 3 is 2.58 bits per heavy atom. The van der Waals surface area contributed by atoms with E-state index in [9.17, 15) is 5.11 Å².